The first-order valence-electron chi connectivity index (χ1n) is 6.66. The van der Waals surface area contributed by atoms with Gasteiger partial charge in [0.05, 0.1) is 5.56 Å². The number of benzene rings is 1. The number of para-hydroxylation sites is 1. The number of aromatic hydroxyl groups is 2. The van der Waals surface area contributed by atoms with E-state index in [2.05, 4.69) is 5.32 Å². The van der Waals surface area contributed by atoms with Crippen LogP contribution in [0.25, 0.3) is 0 Å². The maximum absolute atomic E-state index is 11.8. The molecule has 0 unspecified atom stereocenters. The van der Waals surface area contributed by atoms with Crippen LogP contribution in [0.2, 0.25) is 0 Å². The van der Waals surface area contributed by atoms with Crippen molar-refractivity contribution in [3.05, 3.63) is 23.8 Å². The van der Waals surface area contributed by atoms with E-state index in [0.717, 1.165) is 25.9 Å². The summed E-state index contributed by atoms with van der Waals surface area (Å²) < 4.78 is 0. The lowest BCUT2D eigenvalue weighted by atomic mass is 10.1. The monoisotopic (exact) mass is 278 g/mol. The van der Waals surface area contributed by atoms with E-state index >= 15 is 0 Å². The molecule has 1 aliphatic rings. The molecule has 6 nitrogen and oxygen atoms in total. The summed E-state index contributed by atoms with van der Waals surface area (Å²) in [5, 5.41) is 21.4. The molecular weight excluding hydrogens is 260 g/mol. The Morgan fingerprint density at radius 2 is 1.90 bits per heavy atom. The van der Waals surface area contributed by atoms with Crippen molar-refractivity contribution >= 4 is 11.8 Å². The number of nitrogens with zero attached hydrogens (tertiary/aromatic N) is 1. The van der Waals surface area contributed by atoms with Gasteiger partial charge in [-0.25, -0.2) is 0 Å². The summed E-state index contributed by atoms with van der Waals surface area (Å²) in [7, 11) is 0. The molecule has 0 aromatic heterocycles. The van der Waals surface area contributed by atoms with Gasteiger partial charge >= 0.3 is 0 Å². The molecule has 0 saturated carbocycles. The molecule has 0 aliphatic carbocycles. The summed E-state index contributed by atoms with van der Waals surface area (Å²) in [6, 6.07) is 4.18. The topological polar surface area (TPSA) is 89.9 Å². The van der Waals surface area contributed by atoms with Gasteiger partial charge in [-0.1, -0.05) is 6.07 Å². The lowest BCUT2D eigenvalue weighted by molar-refractivity contribution is -0.129. The van der Waals surface area contributed by atoms with Crippen LogP contribution in [0.5, 0.6) is 11.5 Å². The zero-order valence-corrected chi connectivity index (χ0v) is 11.1. The van der Waals surface area contributed by atoms with Gasteiger partial charge in [-0.2, -0.15) is 0 Å². The molecular formula is C14H18N2O4. The quantitative estimate of drug-likeness (QED) is 0.712. The highest BCUT2D eigenvalue weighted by atomic mass is 16.3. The van der Waals surface area contributed by atoms with Crippen LogP contribution in [0.1, 0.15) is 29.6 Å². The van der Waals surface area contributed by atoms with Crippen molar-refractivity contribution in [1.82, 2.24) is 10.2 Å². The normalized spacial score (nSPS) is 14.3. The molecule has 1 saturated heterocycles. The molecule has 1 aliphatic heterocycles. The van der Waals surface area contributed by atoms with Crippen LogP contribution < -0.4 is 5.32 Å². The van der Waals surface area contributed by atoms with Crippen molar-refractivity contribution in [3.63, 3.8) is 0 Å². The number of phenolic OH excluding ortho intramolecular Hbond substituents is 2. The van der Waals surface area contributed by atoms with Crippen LogP contribution >= 0.6 is 0 Å². The smallest absolute Gasteiger partial charge is 0.255 e. The minimum atomic E-state index is -0.507. The third-order valence-corrected chi connectivity index (χ3v) is 3.34. The molecule has 3 N–H and O–H groups in total. The molecule has 0 atom stereocenters. The van der Waals surface area contributed by atoms with Crippen molar-refractivity contribution < 1.29 is 19.8 Å². The third kappa shape index (κ3) is 3.20. The molecule has 108 valence electrons. The van der Waals surface area contributed by atoms with E-state index in [1.165, 1.54) is 18.2 Å². The summed E-state index contributed by atoms with van der Waals surface area (Å²) >= 11 is 0. The van der Waals surface area contributed by atoms with Gasteiger partial charge in [0.25, 0.3) is 5.91 Å². The minimum Gasteiger partial charge on any atom is -0.504 e. The van der Waals surface area contributed by atoms with E-state index in [4.69, 9.17) is 0 Å². The van der Waals surface area contributed by atoms with Crippen molar-refractivity contribution in [2.24, 2.45) is 0 Å². The van der Waals surface area contributed by atoms with Crippen molar-refractivity contribution in [3.8, 4) is 11.5 Å². The molecule has 2 rings (SSSR count). The van der Waals surface area contributed by atoms with Gasteiger partial charge in [0.2, 0.25) is 5.91 Å². The molecule has 1 heterocycles. The van der Waals surface area contributed by atoms with Crippen LogP contribution in [0.3, 0.4) is 0 Å². The Balaban J connectivity index is 1.83. The number of hydrogen-bond donors (Lipinski definition) is 3. The fourth-order valence-electron chi connectivity index (χ4n) is 2.22. The summed E-state index contributed by atoms with van der Waals surface area (Å²) in [4.78, 5) is 25.4. The van der Waals surface area contributed by atoms with E-state index in [1.54, 1.807) is 4.90 Å². The zero-order valence-electron chi connectivity index (χ0n) is 11.1. The third-order valence-electron chi connectivity index (χ3n) is 3.34. The maximum Gasteiger partial charge on any atom is 0.255 e. The highest BCUT2D eigenvalue weighted by Crippen LogP contribution is 2.27. The first-order chi connectivity index (χ1) is 9.59. The van der Waals surface area contributed by atoms with Gasteiger partial charge in [-0.15, -0.1) is 0 Å². The minimum absolute atomic E-state index is 0.00128. The summed E-state index contributed by atoms with van der Waals surface area (Å²) in [6.45, 7) is 1.80. The Labute approximate surface area is 117 Å². The highest BCUT2D eigenvalue weighted by Gasteiger charge is 2.18. The molecule has 1 fully saturated rings. The Morgan fingerprint density at radius 1 is 1.20 bits per heavy atom. The average Bonchev–Trinajstić information content (AvgIpc) is 2.95. The van der Waals surface area contributed by atoms with Crippen LogP contribution in [0, 0.1) is 0 Å². The second-order valence-electron chi connectivity index (χ2n) is 4.77. The lowest BCUT2D eigenvalue weighted by Gasteiger charge is -2.15. The Kier molecular flexibility index (Phi) is 4.45. The Hall–Kier alpha value is -2.24. The van der Waals surface area contributed by atoms with Crippen molar-refractivity contribution in [1.29, 1.82) is 0 Å². The summed E-state index contributed by atoms with van der Waals surface area (Å²) in [6.07, 6.45) is 2.32. The van der Waals surface area contributed by atoms with Crippen LogP contribution in [0.15, 0.2) is 18.2 Å². The van der Waals surface area contributed by atoms with Crippen LogP contribution in [-0.4, -0.2) is 46.6 Å². The summed E-state index contributed by atoms with van der Waals surface area (Å²) in [5.74, 6) is -1.27. The molecule has 0 bridgehead atoms. The number of hydrogen-bond acceptors (Lipinski definition) is 4. The predicted octanol–water partition coefficient (Wildman–Crippen LogP) is 0.840. The Bertz CT molecular complexity index is 510. The number of rotatable bonds is 4. The molecule has 0 radical (unpaired) electrons. The Morgan fingerprint density at radius 3 is 2.60 bits per heavy atom. The second-order valence-corrected chi connectivity index (χ2v) is 4.77. The first-order valence-corrected chi connectivity index (χ1v) is 6.66. The second kappa shape index (κ2) is 6.27. The van der Waals surface area contributed by atoms with Crippen molar-refractivity contribution in [2.75, 3.05) is 19.6 Å². The largest absolute Gasteiger partial charge is 0.504 e. The summed E-state index contributed by atoms with van der Waals surface area (Å²) in [5.41, 5.74) is -0.00128. The van der Waals surface area contributed by atoms with Gasteiger partial charge in [0.15, 0.2) is 11.5 Å². The van der Waals surface area contributed by atoms with Gasteiger partial charge < -0.3 is 20.4 Å². The van der Waals surface area contributed by atoms with Gasteiger partial charge in [0.1, 0.15) is 0 Å². The van der Waals surface area contributed by atoms with Gasteiger partial charge in [0, 0.05) is 26.1 Å². The number of likely N-dealkylation sites (tertiary alicyclic amines) is 1. The number of phenols is 2. The molecule has 0 spiro atoms. The number of nitrogens with one attached hydrogen (secondary N) is 1. The molecule has 1 aromatic rings. The fourth-order valence-corrected chi connectivity index (χ4v) is 2.22. The molecule has 2 amide bonds. The highest BCUT2D eigenvalue weighted by molar-refractivity contribution is 5.97. The van der Waals surface area contributed by atoms with Crippen LogP contribution in [0.4, 0.5) is 0 Å². The SMILES string of the molecule is O=C(NCCC(=O)N1CCCC1)c1cccc(O)c1O. The van der Waals surface area contributed by atoms with Crippen LogP contribution in [-0.2, 0) is 4.79 Å². The van der Waals surface area contributed by atoms with E-state index in [0.29, 0.717) is 0 Å². The van der Waals surface area contributed by atoms with E-state index in [9.17, 15) is 19.8 Å². The standard InChI is InChI=1S/C14H18N2O4/c17-11-5-3-4-10(13(11)19)14(20)15-7-6-12(18)16-8-1-2-9-16/h3-5,17,19H,1-2,6-9H2,(H,15,20). The zero-order chi connectivity index (χ0) is 14.5. The fraction of sp³-hybridized carbons (Fsp3) is 0.429. The first kappa shape index (κ1) is 14.2. The molecule has 6 heteroatoms. The molecule has 1 aromatic carbocycles. The van der Waals surface area contributed by atoms with E-state index in [-0.39, 0.29) is 30.2 Å². The van der Waals surface area contributed by atoms with Crippen molar-refractivity contribution in [2.45, 2.75) is 19.3 Å². The average molecular weight is 278 g/mol. The van der Waals surface area contributed by atoms with Gasteiger partial charge in [-0.05, 0) is 25.0 Å². The number of carbonyl (C=O) groups is 2. The number of carbonyl (C=O) groups excluding carboxylic acids is 2. The van der Waals surface area contributed by atoms with Gasteiger partial charge in [-0.3, -0.25) is 9.59 Å². The van der Waals surface area contributed by atoms with E-state index in [1.807, 2.05) is 0 Å². The molecule has 20 heavy (non-hydrogen) atoms. The lowest BCUT2D eigenvalue weighted by Crippen LogP contribution is -2.32. The number of amides is 2. The van der Waals surface area contributed by atoms with E-state index < -0.39 is 11.7 Å². The predicted molar refractivity (Wildman–Crippen MR) is 72.5 cm³/mol. The maximum atomic E-state index is 11.8.